The molecule has 0 aliphatic carbocycles. The molecule has 0 saturated carbocycles. The van der Waals surface area contributed by atoms with Gasteiger partial charge in [0.25, 0.3) is 0 Å². The molecule has 3 rings (SSSR count). The van der Waals surface area contributed by atoms with E-state index in [2.05, 4.69) is 4.98 Å². The van der Waals surface area contributed by atoms with Gasteiger partial charge < -0.3 is 4.90 Å². The third-order valence-electron chi connectivity index (χ3n) is 4.55. The highest BCUT2D eigenvalue weighted by molar-refractivity contribution is 7.91. The van der Waals surface area contributed by atoms with Gasteiger partial charge in [0.05, 0.1) is 20.9 Å². The van der Waals surface area contributed by atoms with Crippen LogP contribution in [0, 0.1) is 0 Å². The summed E-state index contributed by atoms with van der Waals surface area (Å²) in [5, 5.41) is 1.22. The lowest BCUT2D eigenvalue weighted by Gasteiger charge is -2.22. The van der Waals surface area contributed by atoms with Crippen molar-refractivity contribution < 1.29 is 13.2 Å². The second-order valence-corrected chi connectivity index (χ2v) is 10.7. The van der Waals surface area contributed by atoms with Crippen molar-refractivity contribution in [2.24, 2.45) is 0 Å². The van der Waals surface area contributed by atoms with Crippen molar-refractivity contribution in [3.05, 3.63) is 53.6 Å². The zero-order chi connectivity index (χ0) is 21.7. The molecular formula is C21H24ClN3O3S2. The molecule has 0 fully saturated rings. The van der Waals surface area contributed by atoms with Crippen molar-refractivity contribution >= 4 is 54.0 Å². The average molecular weight is 466 g/mol. The SMILES string of the molecule is CN(C)CCN(C(=O)CCCS(=O)(=O)c1ccccc1)c1nc2ccc(Cl)cc2s1. The predicted octanol–water partition coefficient (Wildman–Crippen LogP) is 4.10. The Bertz CT molecular complexity index is 1110. The van der Waals surface area contributed by atoms with Gasteiger partial charge in [-0.2, -0.15) is 0 Å². The average Bonchev–Trinajstić information content (AvgIpc) is 3.11. The van der Waals surface area contributed by atoms with Gasteiger partial charge in [0, 0.05) is 24.5 Å². The maximum atomic E-state index is 13.0. The lowest BCUT2D eigenvalue weighted by atomic mass is 10.3. The molecule has 9 heteroatoms. The summed E-state index contributed by atoms with van der Waals surface area (Å²) < 4.78 is 25.8. The van der Waals surface area contributed by atoms with E-state index in [9.17, 15) is 13.2 Å². The fourth-order valence-electron chi connectivity index (χ4n) is 2.92. The van der Waals surface area contributed by atoms with Crippen LogP contribution in [-0.4, -0.2) is 57.1 Å². The number of hydrogen-bond donors (Lipinski definition) is 0. The van der Waals surface area contributed by atoms with E-state index in [1.54, 1.807) is 41.3 Å². The monoisotopic (exact) mass is 465 g/mol. The number of likely N-dealkylation sites (N-methyl/N-ethyl adjacent to an activating group) is 1. The Morgan fingerprint density at radius 1 is 1.10 bits per heavy atom. The van der Waals surface area contributed by atoms with Crippen LogP contribution >= 0.6 is 22.9 Å². The summed E-state index contributed by atoms with van der Waals surface area (Å²) >= 11 is 7.48. The minimum atomic E-state index is -3.40. The molecule has 0 radical (unpaired) electrons. The Kier molecular flexibility index (Phi) is 7.46. The van der Waals surface area contributed by atoms with E-state index in [0.29, 0.717) is 23.2 Å². The fraction of sp³-hybridized carbons (Fsp3) is 0.333. The number of anilines is 1. The highest BCUT2D eigenvalue weighted by Crippen LogP contribution is 2.31. The van der Waals surface area contributed by atoms with Crippen molar-refractivity contribution in [1.82, 2.24) is 9.88 Å². The Labute approximate surface area is 186 Å². The summed E-state index contributed by atoms with van der Waals surface area (Å²) in [5.74, 6) is -0.204. The van der Waals surface area contributed by atoms with Crippen LogP contribution in [0.25, 0.3) is 10.2 Å². The highest BCUT2D eigenvalue weighted by Gasteiger charge is 2.21. The standard InChI is InChI=1S/C21H24ClN3O3S2/c1-24(2)12-13-25(21-23-18-11-10-16(22)15-19(18)29-21)20(26)9-6-14-30(27,28)17-7-4-3-5-8-17/h3-5,7-8,10-11,15H,6,9,12-14H2,1-2H3. The first-order chi connectivity index (χ1) is 14.3. The Morgan fingerprint density at radius 2 is 1.83 bits per heavy atom. The minimum absolute atomic E-state index is 0.0697. The van der Waals surface area contributed by atoms with Gasteiger partial charge in [-0.3, -0.25) is 9.69 Å². The van der Waals surface area contributed by atoms with Crippen LogP contribution in [0.3, 0.4) is 0 Å². The van der Waals surface area contributed by atoms with Crippen LogP contribution in [0.4, 0.5) is 5.13 Å². The largest absolute Gasteiger partial charge is 0.308 e. The number of fused-ring (bicyclic) bond motifs is 1. The molecular weight excluding hydrogens is 442 g/mol. The van der Waals surface area contributed by atoms with Crippen LogP contribution in [-0.2, 0) is 14.6 Å². The van der Waals surface area contributed by atoms with Gasteiger partial charge in [0.2, 0.25) is 5.91 Å². The van der Waals surface area contributed by atoms with Gasteiger partial charge in [-0.25, -0.2) is 13.4 Å². The van der Waals surface area contributed by atoms with Crippen molar-refractivity contribution in [3.63, 3.8) is 0 Å². The van der Waals surface area contributed by atoms with Crippen molar-refractivity contribution in [1.29, 1.82) is 0 Å². The summed E-state index contributed by atoms with van der Waals surface area (Å²) in [5.41, 5.74) is 0.786. The van der Waals surface area contributed by atoms with Gasteiger partial charge in [-0.15, -0.1) is 0 Å². The van der Waals surface area contributed by atoms with E-state index in [4.69, 9.17) is 11.6 Å². The van der Waals surface area contributed by atoms with Crippen LogP contribution in [0.1, 0.15) is 12.8 Å². The quantitative estimate of drug-likeness (QED) is 0.475. The number of rotatable bonds is 9. The third-order valence-corrected chi connectivity index (χ3v) is 7.64. The molecule has 2 aromatic carbocycles. The summed E-state index contributed by atoms with van der Waals surface area (Å²) in [7, 11) is 0.471. The predicted molar refractivity (Wildman–Crippen MR) is 123 cm³/mol. The molecule has 1 amide bonds. The summed E-state index contributed by atoms with van der Waals surface area (Å²) in [4.78, 5) is 21.5. The van der Waals surface area contributed by atoms with Gasteiger partial charge in [0.1, 0.15) is 0 Å². The molecule has 30 heavy (non-hydrogen) atoms. The molecule has 1 aromatic heterocycles. The van der Waals surface area contributed by atoms with E-state index in [-0.39, 0.29) is 29.4 Å². The Balaban J connectivity index is 1.72. The van der Waals surface area contributed by atoms with E-state index < -0.39 is 9.84 Å². The minimum Gasteiger partial charge on any atom is -0.308 e. The number of amides is 1. The summed E-state index contributed by atoms with van der Waals surface area (Å²) in [6.45, 7) is 1.15. The molecule has 0 spiro atoms. The van der Waals surface area contributed by atoms with Gasteiger partial charge in [0.15, 0.2) is 15.0 Å². The first-order valence-corrected chi connectivity index (χ1v) is 12.4. The van der Waals surface area contributed by atoms with Crippen molar-refractivity contribution in [2.75, 3.05) is 37.8 Å². The second kappa shape index (κ2) is 9.87. The Morgan fingerprint density at radius 3 is 2.53 bits per heavy atom. The molecule has 0 N–H and O–H groups in total. The molecule has 0 aliphatic rings. The first kappa shape index (κ1) is 22.7. The van der Waals surface area contributed by atoms with E-state index in [1.165, 1.54) is 11.3 Å². The van der Waals surface area contributed by atoms with Crippen LogP contribution in [0.5, 0.6) is 0 Å². The number of halogens is 1. The van der Waals surface area contributed by atoms with Crippen LogP contribution in [0.2, 0.25) is 5.02 Å². The number of benzene rings is 2. The third kappa shape index (κ3) is 5.78. The first-order valence-electron chi connectivity index (χ1n) is 9.55. The Hall–Kier alpha value is -2.00. The van der Waals surface area contributed by atoms with E-state index in [1.807, 2.05) is 31.1 Å². The van der Waals surface area contributed by atoms with Gasteiger partial charge >= 0.3 is 0 Å². The number of sulfone groups is 1. The lowest BCUT2D eigenvalue weighted by Crippen LogP contribution is -2.36. The molecule has 0 unspecified atom stereocenters. The molecule has 1 heterocycles. The summed E-state index contributed by atoms with van der Waals surface area (Å²) in [6.07, 6.45) is 0.390. The van der Waals surface area contributed by atoms with E-state index in [0.717, 1.165) is 10.2 Å². The maximum Gasteiger partial charge on any atom is 0.228 e. The zero-order valence-electron chi connectivity index (χ0n) is 16.9. The lowest BCUT2D eigenvalue weighted by molar-refractivity contribution is -0.118. The maximum absolute atomic E-state index is 13.0. The van der Waals surface area contributed by atoms with Crippen LogP contribution < -0.4 is 4.90 Å². The summed E-state index contributed by atoms with van der Waals surface area (Å²) in [6, 6.07) is 13.8. The number of aromatic nitrogens is 1. The zero-order valence-corrected chi connectivity index (χ0v) is 19.3. The number of carbonyl (C=O) groups is 1. The normalized spacial score (nSPS) is 11.9. The van der Waals surface area contributed by atoms with E-state index >= 15 is 0 Å². The van der Waals surface area contributed by atoms with Crippen molar-refractivity contribution in [2.45, 2.75) is 17.7 Å². The molecule has 0 atom stereocenters. The molecule has 160 valence electrons. The second-order valence-electron chi connectivity index (χ2n) is 7.19. The number of hydrogen-bond acceptors (Lipinski definition) is 6. The molecule has 0 saturated heterocycles. The molecule has 0 bridgehead atoms. The number of carbonyl (C=O) groups excluding carboxylic acids is 1. The van der Waals surface area contributed by atoms with Gasteiger partial charge in [-0.05, 0) is 50.8 Å². The molecule has 0 aliphatic heterocycles. The van der Waals surface area contributed by atoms with Crippen molar-refractivity contribution in [3.8, 4) is 0 Å². The smallest absolute Gasteiger partial charge is 0.228 e. The highest BCUT2D eigenvalue weighted by atomic mass is 35.5. The fourth-order valence-corrected chi connectivity index (χ4v) is 5.54. The number of nitrogens with zero attached hydrogens (tertiary/aromatic N) is 3. The topological polar surface area (TPSA) is 70.6 Å². The molecule has 3 aromatic rings. The van der Waals surface area contributed by atoms with Gasteiger partial charge in [-0.1, -0.05) is 41.1 Å². The number of thiazole rings is 1. The molecule has 6 nitrogen and oxygen atoms in total. The van der Waals surface area contributed by atoms with Crippen LogP contribution in [0.15, 0.2) is 53.4 Å².